The minimum atomic E-state index is -4.25. The Morgan fingerprint density at radius 3 is 2.56 bits per heavy atom. The first-order valence-corrected chi connectivity index (χ1v) is 6.18. The van der Waals surface area contributed by atoms with Gasteiger partial charge in [0.1, 0.15) is 5.82 Å². The standard InChI is InChI=1S/C9H8N2O3S2/c12-16(13,14)8-5-10-9(11-8)6-3-1-2-4-7(6)15/h1-5,15H,(H,10,11)(H,12,13,14). The molecule has 1 aromatic carbocycles. The molecule has 0 fully saturated rings. The Morgan fingerprint density at radius 1 is 1.31 bits per heavy atom. The average molecular weight is 256 g/mol. The number of imidazole rings is 1. The lowest BCUT2D eigenvalue weighted by molar-refractivity contribution is 0.480. The van der Waals surface area contributed by atoms with E-state index in [2.05, 4.69) is 22.6 Å². The molecule has 84 valence electrons. The monoisotopic (exact) mass is 256 g/mol. The molecule has 0 aliphatic carbocycles. The van der Waals surface area contributed by atoms with Crippen molar-refractivity contribution >= 4 is 22.7 Å². The zero-order valence-corrected chi connectivity index (χ0v) is 9.66. The van der Waals surface area contributed by atoms with E-state index in [4.69, 9.17) is 4.55 Å². The first-order valence-electron chi connectivity index (χ1n) is 4.29. The lowest BCUT2D eigenvalue weighted by Crippen LogP contribution is -1.97. The highest BCUT2D eigenvalue weighted by Crippen LogP contribution is 2.24. The molecule has 16 heavy (non-hydrogen) atoms. The summed E-state index contributed by atoms with van der Waals surface area (Å²) in [4.78, 5) is 7.05. The van der Waals surface area contributed by atoms with Crippen LogP contribution in [0.3, 0.4) is 0 Å². The zero-order valence-electron chi connectivity index (χ0n) is 7.95. The molecule has 2 rings (SSSR count). The van der Waals surface area contributed by atoms with Crippen molar-refractivity contribution in [1.82, 2.24) is 9.97 Å². The maximum absolute atomic E-state index is 10.8. The number of nitrogens with zero attached hydrogens (tertiary/aromatic N) is 1. The van der Waals surface area contributed by atoms with E-state index in [-0.39, 0.29) is 5.03 Å². The first-order chi connectivity index (χ1) is 7.48. The molecular weight excluding hydrogens is 248 g/mol. The molecule has 2 aromatic rings. The molecule has 0 atom stereocenters. The Balaban J connectivity index is 2.52. The van der Waals surface area contributed by atoms with Crippen molar-refractivity contribution in [2.24, 2.45) is 0 Å². The van der Waals surface area contributed by atoms with Crippen LogP contribution in [0.25, 0.3) is 11.4 Å². The van der Waals surface area contributed by atoms with Crippen LogP contribution in [0.2, 0.25) is 0 Å². The van der Waals surface area contributed by atoms with E-state index in [1.54, 1.807) is 24.3 Å². The molecule has 0 spiro atoms. The van der Waals surface area contributed by atoms with Gasteiger partial charge in [0.2, 0.25) is 0 Å². The lowest BCUT2D eigenvalue weighted by Gasteiger charge is -1.99. The third kappa shape index (κ3) is 2.11. The summed E-state index contributed by atoms with van der Waals surface area (Å²) in [5.74, 6) is 0.346. The smallest absolute Gasteiger partial charge is 0.311 e. The summed E-state index contributed by atoms with van der Waals surface area (Å²) in [6.07, 6.45) is 1.06. The van der Waals surface area contributed by atoms with Crippen LogP contribution in [0, 0.1) is 0 Å². The Morgan fingerprint density at radius 2 is 2.00 bits per heavy atom. The first kappa shape index (κ1) is 11.2. The molecule has 0 amide bonds. The number of hydrogen-bond acceptors (Lipinski definition) is 4. The molecule has 0 saturated heterocycles. The Kier molecular flexibility index (Phi) is 2.75. The van der Waals surface area contributed by atoms with Gasteiger partial charge in [-0.3, -0.25) is 4.55 Å². The van der Waals surface area contributed by atoms with Crippen molar-refractivity contribution in [3.63, 3.8) is 0 Å². The Labute approximate surface area is 97.7 Å². The van der Waals surface area contributed by atoms with Gasteiger partial charge in [-0.15, -0.1) is 12.6 Å². The SMILES string of the molecule is O=S(=O)(O)c1cnc(-c2ccccc2S)[nH]1. The highest BCUT2D eigenvalue weighted by Gasteiger charge is 2.14. The van der Waals surface area contributed by atoms with E-state index in [1.165, 1.54) is 0 Å². The number of aromatic amines is 1. The van der Waals surface area contributed by atoms with E-state index in [0.717, 1.165) is 6.20 Å². The van der Waals surface area contributed by atoms with Gasteiger partial charge >= 0.3 is 10.1 Å². The third-order valence-corrected chi connectivity index (χ3v) is 3.14. The van der Waals surface area contributed by atoms with Crippen LogP contribution in [0.5, 0.6) is 0 Å². The topological polar surface area (TPSA) is 83.1 Å². The lowest BCUT2D eigenvalue weighted by atomic mass is 10.2. The number of hydrogen-bond donors (Lipinski definition) is 3. The second-order valence-corrected chi connectivity index (χ2v) is 4.96. The molecule has 5 nitrogen and oxygen atoms in total. The van der Waals surface area contributed by atoms with Crippen molar-refractivity contribution < 1.29 is 13.0 Å². The number of H-pyrrole nitrogens is 1. The van der Waals surface area contributed by atoms with E-state index in [1.807, 2.05) is 0 Å². The normalized spacial score (nSPS) is 11.6. The molecule has 7 heteroatoms. The van der Waals surface area contributed by atoms with Crippen molar-refractivity contribution in [3.8, 4) is 11.4 Å². The minimum absolute atomic E-state index is 0.334. The van der Waals surface area contributed by atoms with Crippen LogP contribution in [0.4, 0.5) is 0 Å². The van der Waals surface area contributed by atoms with Gasteiger partial charge in [0.05, 0.1) is 6.20 Å². The predicted molar refractivity (Wildman–Crippen MR) is 61.1 cm³/mol. The molecule has 0 radical (unpaired) electrons. The summed E-state index contributed by atoms with van der Waals surface area (Å²) < 4.78 is 30.5. The van der Waals surface area contributed by atoms with E-state index in [0.29, 0.717) is 16.3 Å². The van der Waals surface area contributed by atoms with Crippen molar-refractivity contribution in [1.29, 1.82) is 0 Å². The van der Waals surface area contributed by atoms with Gasteiger partial charge in [-0.2, -0.15) is 8.42 Å². The molecular formula is C9H8N2O3S2. The van der Waals surface area contributed by atoms with E-state index >= 15 is 0 Å². The fourth-order valence-corrected chi connectivity index (χ4v) is 1.92. The van der Waals surface area contributed by atoms with Gasteiger partial charge in [-0.25, -0.2) is 4.98 Å². The number of rotatable bonds is 2. The fraction of sp³-hybridized carbons (Fsp3) is 0. The van der Waals surface area contributed by atoms with Gasteiger partial charge in [0, 0.05) is 10.5 Å². The van der Waals surface area contributed by atoms with Crippen LogP contribution < -0.4 is 0 Å². The van der Waals surface area contributed by atoms with Crippen LogP contribution in [0.15, 0.2) is 40.4 Å². The van der Waals surface area contributed by atoms with Crippen LogP contribution >= 0.6 is 12.6 Å². The van der Waals surface area contributed by atoms with Gasteiger partial charge in [-0.1, -0.05) is 18.2 Å². The van der Waals surface area contributed by atoms with Crippen molar-refractivity contribution in [2.75, 3.05) is 0 Å². The molecule has 1 aromatic heterocycles. The molecule has 1 heterocycles. The van der Waals surface area contributed by atoms with Crippen LogP contribution in [0.1, 0.15) is 0 Å². The van der Waals surface area contributed by atoms with Crippen molar-refractivity contribution in [2.45, 2.75) is 9.92 Å². The summed E-state index contributed by atoms with van der Waals surface area (Å²) in [7, 11) is -4.25. The Bertz CT molecular complexity index is 619. The van der Waals surface area contributed by atoms with E-state index in [9.17, 15) is 8.42 Å². The summed E-state index contributed by atoms with van der Waals surface area (Å²) in [5.41, 5.74) is 0.667. The molecule has 2 N–H and O–H groups in total. The number of nitrogens with one attached hydrogen (secondary N) is 1. The summed E-state index contributed by atoms with van der Waals surface area (Å²) >= 11 is 4.22. The molecule has 0 aliphatic rings. The maximum atomic E-state index is 10.8. The highest BCUT2D eigenvalue weighted by molar-refractivity contribution is 7.85. The second-order valence-electron chi connectivity index (χ2n) is 3.09. The van der Waals surface area contributed by atoms with Gasteiger partial charge < -0.3 is 4.98 Å². The van der Waals surface area contributed by atoms with Crippen molar-refractivity contribution in [3.05, 3.63) is 30.5 Å². The Hall–Kier alpha value is -1.31. The summed E-state index contributed by atoms with van der Waals surface area (Å²) in [5, 5.41) is -0.334. The minimum Gasteiger partial charge on any atom is -0.327 e. The van der Waals surface area contributed by atoms with Gasteiger partial charge in [0.25, 0.3) is 0 Å². The van der Waals surface area contributed by atoms with Crippen LogP contribution in [-0.2, 0) is 10.1 Å². The molecule has 0 unspecified atom stereocenters. The third-order valence-electron chi connectivity index (χ3n) is 1.99. The second kappa shape index (κ2) is 3.93. The summed E-state index contributed by atoms with van der Waals surface area (Å²) in [6, 6.07) is 7.09. The zero-order chi connectivity index (χ0) is 11.8. The van der Waals surface area contributed by atoms with Gasteiger partial charge in [-0.05, 0) is 6.07 Å². The fourth-order valence-electron chi connectivity index (χ4n) is 1.25. The average Bonchev–Trinajstić information content (AvgIpc) is 2.66. The van der Waals surface area contributed by atoms with E-state index < -0.39 is 10.1 Å². The molecule has 0 bridgehead atoms. The quantitative estimate of drug-likeness (QED) is 0.563. The summed E-state index contributed by atoms with van der Waals surface area (Å²) in [6.45, 7) is 0. The van der Waals surface area contributed by atoms with Gasteiger partial charge in [0.15, 0.2) is 5.03 Å². The largest absolute Gasteiger partial charge is 0.327 e. The number of benzene rings is 1. The predicted octanol–water partition coefficient (Wildman–Crippen LogP) is 1.61. The number of thiol groups is 1. The maximum Gasteiger partial charge on any atom is 0.311 e. The molecule has 0 aliphatic heterocycles. The number of aromatic nitrogens is 2. The van der Waals surface area contributed by atoms with Crippen LogP contribution in [-0.4, -0.2) is 22.9 Å². The highest BCUT2D eigenvalue weighted by atomic mass is 32.2. The molecule has 0 saturated carbocycles.